The highest BCUT2D eigenvalue weighted by Crippen LogP contribution is 2.51. The number of benzene rings is 3. The van der Waals surface area contributed by atoms with Crippen LogP contribution in [0.4, 0.5) is 21.0 Å². The van der Waals surface area contributed by atoms with Gasteiger partial charge in [-0.25, -0.2) is 9.59 Å². The van der Waals surface area contributed by atoms with Gasteiger partial charge in [-0.2, -0.15) is 0 Å². The lowest BCUT2D eigenvalue weighted by Gasteiger charge is -2.30. The molecule has 3 aromatic carbocycles. The van der Waals surface area contributed by atoms with E-state index in [1.54, 1.807) is 34.1 Å². The van der Waals surface area contributed by atoms with Gasteiger partial charge in [0, 0.05) is 39.5 Å². The first kappa shape index (κ1) is 27.1. The molecule has 2 fully saturated rings. The second kappa shape index (κ2) is 11.4. The van der Waals surface area contributed by atoms with Crippen LogP contribution in [0.5, 0.6) is 17.2 Å². The number of anilines is 2. The van der Waals surface area contributed by atoms with Gasteiger partial charge in [0.05, 0.1) is 23.2 Å². The standard InChI is InChI=1S/C28H28Br2N4O5/c29-16-5-9-18(10-6-16)31-27(38)33-13-1-3-20(33)24-22(35)15-23(36)25(26(24)37)21-4-2-14-34(21)28(39)32-19-11-7-17(30)8-12-19/h5-12,15,20-21,35-37H,1-4,13-14H2,(H,31,38)(H,32,39). The van der Waals surface area contributed by atoms with Crippen molar-refractivity contribution in [3.05, 3.63) is 74.7 Å². The van der Waals surface area contributed by atoms with E-state index in [0.29, 0.717) is 50.1 Å². The first-order chi connectivity index (χ1) is 18.7. The zero-order valence-corrected chi connectivity index (χ0v) is 24.1. The molecule has 0 aromatic heterocycles. The van der Waals surface area contributed by atoms with Crippen LogP contribution in [0, 0.1) is 0 Å². The lowest BCUT2D eigenvalue weighted by atomic mass is 9.93. The van der Waals surface area contributed by atoms with Crippen molar-refractivity contribution < 1.29 is 24.9 Å². The molecule has 2 unspecified atom stereocenters. The number of hydrogen-bond acceptors (Lipinski definition) is 5. The van der Waals surface area contributed by atoms with Gasteiger partial charge in [-0.05, 0) is 74.2 Å². The van der Waals surface area contributed by atoms with E-state index in [0.717, 1.165) is 8.95 Å². The fraction of sp³-hybridized carbons (Fsp3) is 0.286. The zero-order valence-electron chi connectivity index (χ0n) is 20.9. The van der Waals surface area contributed by atoms with Crippen molar-refractivity contribution in [2.24, 2.45) is 0 Å². The largest absolute Gasteiger partial charge is 0.507 e. The van der Waals surface area contributed by atoms with E-state index in [2.05, 4.69) is 42.5 Å². The number of likely N-dealkylation sites (tertiary alicyclic amines) is 2. The number of halogens is 2. The molecule has 204 valence electrons. The molecular formula is C28H28Br2N4O5. The Morgan fingerprint density at radius 2 is 1.08 bits per heavy atom. The van der Waals surface area contributed by atoms with Crippen LogP contribution in [0.2, 0.25) is 0 Å². The average Bonchev–Trinajstić information content (AvgIpc) is 3.57. The van der Waals surface area contributed by atoms with Gasteiger partial charge < -0.3 is 35.8 Å². The zero-order chi connectivity index (χ0) is 27.7. The number of phenolic OH excluding ortho intramolecular Hbond substituents is 3. The van der Waals surface area contributed by atoms with E-state index in [9.17, 15) is 24.9 Å². The van der Waals surface area contributed by atoms with Crippen molar-refractivity contribution in [2.45, 2.75) is 37.8 Å². The van der Waals surface area contributed by atoms with Crippen molar-refractivity contribution in [3.63, 3.8) is 0 Å². The number of urea groups is 2. The summed E-state index contributed by atoms with van der Waals surface area (Å²) >= 11 is 6.75. The van der Waals surface area contributed by atoms with Crippen molar-refractivity contribution in [1.82, 2.24) is 9.80 Å². The third kappa shape index (κ3) is 5.65. The Bertz CT molecular complexity index is 1280. The Labute approximate surface area is 242 Å². The van der Waals surface area contributed by atoms with Gasteiger partial charge in [0.25, 0.3) is 0 Å². The number of rotatable bonds is 4. The van der Waals surface area contributed by atoms with Crippen LogP contribution in [0.15, 0.2) is 63.5 Å². The van der Waals surface area contributed by atoms with Crippen LogP contribution < -0.4 is 10.6 Å². The second-order valence-corrected chi connectivity index (χ2v) is 11.5. The summed E-state index contributed by atoms with van der Waals surface area (Å²) in [7, 11) is 0. The minimum Gasteiger partial charge on any atom is -0.507 e. The van der Waals surface area contributed by atoms with Crippen LogP contribution in [0.3, 0.4) is 0 Å². The van der Waals surface area contributed by atoms with E-state index in [1.165, 1.54) is 6.07 Å². The molecule has 2 saturated heterocycles. The highest BCUT2D eigenvalue weighted by molar-refractivity contribution is 9.10. The molecule has 2 aliphatic rings. The van der Waals surface area contributed by atoms with Gasteiger partial charge >= 0.3 is 12.1 Å². The molecule has 39 heavy (non-hydrogen) atoms. The highest BCUT2D eigenvalue weighted by atomic mass is 79.9. The van der Waals surface area contributed by atoms with E-state index in [1.807, 2.05) is 24.3 Å². The lowest BCUT2D eigenvalue weighted by molar-refractivity contribution is 0.203. The minimum absolute atomic E-state index is 0.173. The van der Waals surface area contributed by atoms with Gasteiger partial charge in [-0.15, -0.1) is 0 Å². The average molecular weight is 660 g/mol. The summed E-state index contributed by atoms with van der Waals surface area (Å²) in [4.78, 5) is 29.5. The summed E-state index contributed by atoms with van der Waals surface area (Å²) in [6.45, 7) is 0.876. The molecule has 0 aliphatic carbocycles. The topological polar surface area (TPSA) is 125 Å². The number of aromatic hydroxyl groups is 3. The van der Waals surface area contributed by atoms with E-state index >= 15 is 0 Å². The van der Waals surface area contributed by atoms with Crippen LogP contribution in [-0.2, 0) is 0 Å². The predicted octanol–water partition coefficient (Wildman–Crippen LogP) is 7.07. The predicted molar refractivity (Wildman–Crippen MR) is 155 cm³/mol. The summed E-state index contributed by atoms with van der Waals surface area (Å²) in [6.07, 6.45) is 2.41. The summed E-state index contributed by atoms with van der Waals surface area (Å²) in [5.74, 6) is -0.897. The van der Waals surface area contributed by atoms with Gasteiger partial charge in [-0.3, -0.25) is 0 Å². The van der Waals surface area contributed by atoms with Crippen molar-refractivity contribution in [2.75, 3.05) is 23.7 Å². The summed E-state index contributed by atoms with van der Waals surface area (Å²) in [5, 5.41) is 38.9. The van der Waals surface area contributed by atoms with E-state index in [-0.39, 0.29) is 40.4 Å². The van der Waals surface area contributed by atoms with E-state index < -0.39 is 12.1 Å². The SMILES string of the molecule is O=C(Nc1ccc(Br)cc1)N1CCCC1c1c(O)cc(O)c(C2CCCN2C(=O)Nc2ccc(Br)cc2)c1O. The fourth-order valence-corrected chi connectivity index (χ4v) is 5.94. The highest BCUT2D eigenvalue weighted by Gasteiger charge is 2.39. The molecule has 3 aromatic rings. The lowest BCUT2D eigenvalue weighted by Crippen LogP contribution is -2.35. The molecule has 2 heterocycles. The van der Waals surface area contributed by atoms with Gasteiger partial charge in [0.15, 0.2) is 0 Å². The maximum atomic E-state index is 13.2. The molecule has 5 rings (SSSR count). The van der Waals surface area contributed by atoms with Crippen LogP contribution in [-0.4, -0.2) is 50.3 Å². The Kier molecular flexibility index (Phi) is 7.90. The third-order valence-corrected chi connectivity index (χ3v) is 8.28. The van der Waals surface area contributed by atoms with Gasteiger partial charge in [-0.1, -0.05) is 31.9 Å². The first-order valence-corrected chi connectivity index (χ1v) is 14.3. The summed E-state index contributed by atoms with van der Waals surface area (Å²) in [6, 6.07) is 13.6. The van der Waals surface area contributed by atoms with Crippen molar-refractivity contribution in [3.8, 4) is 17.2 Å². The normalized spacial score (nSPS) is 18.8. The fourth-order valence-electron chi connectivity index (χ4n) is 5.41. The second-order valence-electron chi connectivity index (χ2n) is 9.67. The molecule has 0 saturated carbocycles. The molecule has 0 radical (unpaired) electrons. The van der Waals surface area contributed by atoms with Gasteiger partial charge in [0.1, 0.15) is 17.2 Å². The van der Waals surface area contributed by atoms with Crippen molar-refractivity contribution >= 4 is 55.3 Å². The Morgan fingerprint density at radius 1 is 0.692 bits per heavy atom. The maximum absolute atomic E-state index is 13.2. The quantitative estimate of drug-likeness (QED) is 0.205. The number of carbonyl (C=O) groups excluding carboxylic acids is 2. The Hall–Kier alpha value is -3.44. The minimum atomic E-state index is -0.605. The summed E-state index contributed by atoms with van der Waals surface area (Å²) < 4.78 is 1.77. The first-order valence-electron chi connectivity index (χ1n) is 12.7. The monoisotopic (exact) mass is 658 g/mol. The number of nitrogens with one attached hydrogen (secondary N) is 2. The number of amides is 4. The van der Waals surface area contributed by atoms with Crippen molar-refractivity contribution in [1.29, 1.82) is 0 Å². The van der Waals surface area contributed by atoms with E-state index in [4.69, 9.17) is 0 Å². The molecule has 0 spiro atoms. The van der Waals surface area contributed by atoms with Crippen LogP contribution in [0.25, 0.3) is 0 Å². The molecule has 0 bridgehead atoms. The van der Waals surface area contributed by atoms with Gasteiger partial charge in [0.2, 0.25) is 0 Å². The third-order valence-electron chi connectivity index (χ3n) is 7.22. The van der Waals surface area contributed by atoms with Crippen LogP contribution in [0.1, 0.15) is 48.9 Å². The Morgan fingerprint density at radius 3 is 1.46 bits per heavy atom. The van der Waals surface area contributed by atoms with Crippen LogP contribution >= 0.6 is 31.9 Å². The molecule has 2 aliphatic heterocycles. The molecular weight excluding hydrogens is 632 g/mol. The molecule has 2 atom stereocenters. The molecule has 4 amide bonds. The number of carbonyl (C=O) groups is 2. The Balaban J connectivity index is 1.41. The smallest absolute Gasteiger partial charge is 0.322 e. The summed E-state index contributed by atoms with van der Waals surface area (Å²) in [5.41, 5.74) is 1.58. The maximum Gasteiger partial charge on any atom is 0.322 e. The molecule has 5 N–H and O–H groups in total. The number of hydrogen-bond donors (Lipinski definition) is 5. The number of phenols is 3. The molecule has 9 nitrogen and oxygen atoms in total. The molecule has 11 heteroatoms. The number of nitrogens with zero attached hydrogens (tertiary/aromatic N) is 2.